The van der Waals surface area contributed by atoms with Crippen LogP contribution in [0.1, 0.15) is 20.8 Å². The van der Waals surface area contributed by atoms with Crippen molar-refractivity contribution < 1.29 is 10.0 Å². The molecule has 2 N–H and O–H groups in total. The number of hydrogen-bond donors (Lipinski definition) is 2. The first kappa shape index (κ1) is 13.6. The molecule has 0 aliphatic carbocycles. The van der Waals surface area contributed by atoms with Crippen LogP contribution in [-0.4, -0.2) is 28.9 Å². The first-order valence-corrected chi connectivity index (χ1v) is 4.74. The number of nitrogens with zero attached hydrogens (tertiary/aromatic N) is 2. The minimum absolute atomic E-state index is 0.00129. The normalized spacial score (nSPS) is 12.9. The van der Waals surface area contributed by atoms with Crippen molar-refractivity contribution in [1.29, 1.82) is 0 Å². The van der Waals surface area contributed by atoms with Crippen LogP contribution < -0.4 is 5.32 Å². The fraction of sp³-hybridized carbons (Fsp3) is 0.667. The van der Waals surface area contributed by atoms with Crippen LogP contribution in [0.3, 0.4) is 0 Å². The smallest absolute Gasteiger partial charge is 0.243 e. The minimum Gasteiger partial charge on any atom is -0.350 e. The molecule has 0 fully saturated rings. The standard InChI is InChI=1S/C9H17N3O3/c1-4-5-9(13)10-6-8(7(2)3)12(15)11-14/h4-5,7-8,15H,6H2,1-3H3,(H,10,13)/b5-4+/t8-/m1/s1. The summed E-state index contributed by atoms with van der Waals surface area (Å²) >= 11 is 0. The molecular weight excluding hydrogens is 198 g/mol. The highest BCUT2D eigenvalue weighted by Crippen LogP contribution is 2.07. The molecule has 0 aromatic carbocycles. The first-order chi connectivity index (χ1) is 7.02. The lowest BCUT2D eigenvalue weighted by Crippen LogP contribution is -2.42. The number of hydrogen-bond acceptors (Lipinski definition) is 4. The Labute approximate surface area is 88.9 Å². The monoisotopic (exact) mass is 215 g/mol. The number of amides is 1. The van der Waals surface area contributed by atoms with Crippen LogP contribution >= 0.6 is 0 Å². The van der Waals surface area contributed by atoms with Gasteiger partial charge in [0.25, 0.3) is 0 Å². The number of rotatable bonds is 6. The Morgan fingerprint density at radius 2 is 2.20 bits per heavy atom. The molecule has 0 aromatic rings. The van der Waals surface area contributed by atoms with Crippen molar-refractivity contribution in [1.82, 2.24) is 10.5 Å². The van der Waals surface area contributed by atoms with Crippen LogP contribution in [-0.2, 0) is 4.79 Å². The Kier molecular flexibility index (Phi) is 6.28. The van der Waals surface area contributed by atoms with E-state index in [1.165, 1.54) is 6.08 Å². The molecule has 0 aromatic heterocycles. The van der Waals surface area contributed by atoms with E-state index in [4.69, 9.17) is 5.21 Å². The zero-order valence-corrected chi connectivity index (χ0v) is 9.17. The van der Waals surface area contributed by atoms with E-state index in [9.17, 15) is 9.70 Å². The fourth-order valence-corrected chi connectivity index (χ4v) is 1.06. The summed E-state index contributed by atoms with van der Waals surface area (Å²) in [5, 5.41) is 14.4. The number of carbonyl (C=O) groups is 1. The highest BCUT2D eigenvalue weighted by molar-refractivity contribution is 5.87. The van der Waals surface area contributed by atoms with Crippen molar-refractivity contribution in [3.63, 3.8) is 0 Å². The van der Waals surface area contributed by atoms with Gasteiger partial charge in [0, 0.05) is 6.54 Å². The quantitative estimate of drug-likeness (QED) is 0.394. The molecule has 15 heavy (non-hydrogen) atoms. The molecule has 0 radical (unpaired) electrons. The molecule has 0 aliphatic heterocycles. The van der Waals surface area contributed by atoms with E-state index in [1.54, 1.807) is 13.0 Å². The third-order valence-electron chi connectivity index (χ3n) is 1.95. The van der Waals surface area contributed by atoms with Crippen LogP contribution in [0.2, 0.25) is 0 Å². The van der Waals surface area contributed by atoms with Gasteiger partial charge in [-0.1, -0.05) is 19.9 Å². The highest BCUT2D eigenvalue weighted by atomic mass is 16.6. The molecule has 0 unspecified atom stereocenters. The van der Waals surface area contributed by atoms with E-state index in [-0.39, 0.29) is 18.4 Å². The van der Waals surface area contributed by atoms with E-state index < -0.39 is 6.04 Å². The molecule has 86 valence electrons. The summed E-state index contributed by atoms with van der Waals surface area (Å²) in [6, 6.07) is -0.517. The topological polar surface area (TPSA) is 82.0 Å². The number of carbonyl (C=O) groups excluding carboxylic acids is 1. The maximum absolute atomic E-state index is 11.1. The number of nitrogens with one attached hydrogen (secondary N) is 1. The summed E-state index contributed by atoms with van der Waals surface area (Å²) in [4.78, 5) is 21.2. The number of nitroso groups, excluding NO2 is 1. The Morgan fingerprint density at radius 3 is 2.60 bits per heavy atom. The second-order valence-electron chi connectivity index (χ2n) is 3.46. The van der Waals surface area contributed by atoms with Gasteiger partial charge < -0.3 is 5.32 Å². The molecular formula is C9H17N3O3. The van der Waals surface area contributed by atoms with Gasteiger partial charge >= 0.3 is 0 Å². The molecule has 1 amide bonds. The van der Waals surface area contributed by atoms with Gasteiger partial charge in [0.15, 0.2) is 0 Å². The Bertz CT molecular complexity index is 241. The molecule has 6 nitrogen and oxygen atoms in total. The van der Waals surface area contributed by atoms with Crippen molar-refractivity contribution >= 4 is 5.91 Å². The van der Waals surface area contributed by atoms with Gasteiger partial charge in [-0.05, 0) is 18.9 Å². The summed E-state index contributed by atoms with van der Waals surface area (Å²) in [7, 11) is 0. The van der Waals surface area contributed by atoms with Crippen LogP contribution in [0, 0.1) is 10.8 Å². The van der Waals surface area contributed by atoms with Crippen molar-refractivity contribution in [3.8, 4) is 0 Å². The third-order valence-corrected chi connectivity index (χ3v) is 1.95. The Hall–Kier alpha value is -1.43. The summed E-state index contributed by atoms with van der Waals surface area (Å²) in [6.07, 6.45) is 2.97. The van der Waals surface area contributed by atoms with E-state index in [0.29, 0.717) is 5.17 Å². The Morgan fingerprint density at radius 1 is 1.60 bits per heavy atom. The van der Waals surface area contributed by atoms with Gasteiger partial charge in [-0.25, -0.2) is 0 Å². The lowest BCUT2D eigenvalue weighted by atomic mass is 10.1. The largest absolute Gasteiger partial charge is 0.350 e. The molecule has 0 aliphatic rings. The lowest BCUT2D eigenvalue weighted by molar-refractivity contribution is -0.140. The average Bonchev–Trinajstić information content (AvgIpc) is 2.17. The second kappa shape index (κ2) is 6.94. The summed E-state index contributed by atoms with van der Waals surface area (Å²) < 4.78 is 0. The summed E-state index contributed by atoms with van der Waals surface area (Å²) in [5.41, 5.74) is 0. The fourth-order valence-electron chi connectivity index (χ4n) is 1.06. The van der Waals surface area contributed by atoms with Gasteiger partial charge in [0.1, 0.15) is 0 Å². The van der Waals surface area contributed by atoms with Crippen molar-refractivity contribution in [2.45, 2.75) is 26.8 Å². The van der Waals surface area contributed by atoms with Gasteiger partial charge in [-0.3, -0.25) is 10.0 Å². The third kappa shape index (κ3) is 5.11. The highest BCUT2D eigenvalue weighted by Gasteiger charge is 2.20. The predicted molar refractivity (Wildman–Crippen MR) is 55.9 cm³/mol. The van der Waals surface area contributed by atoms with E-state index in [2.05, 4.69) is 10.6 Å². The number of hydroxylamine groups is 1. The zero-order valence-electron chi connectivity index (χ0n) is 9.17. The van der Waals surface area contributed by atoms with Crippen molar-refractivity contribution in [3.05, 3.63) is 17.1 Å². The Balaban J connectivity index is 4.18. The molecule has 0 spiro atoms. The van der Waals surface area contributed by atoms with Gasteiger partial charge in [0.2, 0.25) is 5.91 Å². The maximum atomic E-state index is 11.1. The molecule has 0 rings (SSSR count). The summed E-state index contributed by atoms with van der Waals surface area (Å²) in [6.45, 7) is 5.54. The number of allylic oxidation sites excluding steroid dienone is 1. The van der Waals surface area contributed by atoms with Gasteiger partial charge in [-0.2, -0.15) is 0 Å². The van der Waals surface area contributed by atoms with E-state index in [1.807, 2.05) is 13.8 Å². The van der Waals surface area contributed by atoms with Crippen molar-refractivity contribution in [2.75, 3.05) is 6.54 Å². The van der Waals surface area contributed by atoms with Crippen LogP contribution in [0.4, 0.5) is 0 Å². The lowest BCUT2D eigenvalue weighted by Gasteiger charge is -2.23. The molecule has 1 atom stereocenters. The summed E-state index contributed by atoms with van der Waals surface area (Å²) in [5.74, 6) is -0.263. The average molecular weight is 215 g/mol. The van der Waals surface area contributed by atoms with Gasteiger partial charge in [0.05, 0.1) is 11.3 Å². The molecule has 0 saturated heterocycles. The van der Waals surface area contributed by atoms with Crippen LogP contribution in [0.25, 0.3) is 0 Å². The van der Waals surface area contributed by atoms with E-state index in [0.717, 1.165) is 0 Å². The van der Waals surface area contributed by atoms with E-state index >= 15 is 0 Å². The first-order valence-electron chi connectivity index (χ1n) is 4.74. The predicted octanol–water partition coefficient (Wildman–Crippen LogP) is 1.08. The zero-order chi connectivity index (χ0) is 11.8. The molecule has 6 heteroatoms. The van der Waals surface area contributed by atoms with Crippen LogP contribution in [0.15, 0.2) is 17.4 Å². The SMILES string of the molecule is C/C=C/C(=O)NC[C@H](C(C)C)N(O)N=O. The van der Waals surface area contributed by atoms with Crippen molar-refractivity contribution in [2.24, 2.45) is 11.2 Å². The second-order valence-corrected chi connectivity index (χ2v) is 3.46. The molecule has 0 bridgehead atoms. The van der Waals surface area contributed by atoms with Gasteiger partial charge in [-0.15, -0.1) is 10.1 Å². The maximum Gasteiger partial charge on any atom is 0.243 e. The molecule has 0 saturated carbocycles. The van der Waals surface area contributed by atoms with Crippen LogP contribution in [0.5, 0.6) is 0 Å². The molecule has 0 heterocycles. The minimum atomic E-state index is -0.517.